The van der Waals surface area contributed by atoms with Gasteiger partial charge in [-0.15, -0.1) is 0 Å². The van der Waals surface area contributed by atoms with Crippen LogP contribution in [0.25, 0.3) is 0 Å². The van der Waals surface area contributed by atoms with Gasteiger partial charge in [-0.1, -0.05) is 11.8 Å². The van der Waals surface area contributed by atoms with E-state index in [9.17, 15) is 27.2 Å². The molecule has 0 heterocycles. The highest BCUT2D eigenvalue weighted by atomic mass is 32.2. The van der Waals surface area contributed by atoms with E-state index in [0.29, 0.717) is 6.42 Å². The van der Waals surface area contributed by atoms with Gasteiger partial charge in [0.15, 0.2) is 10.7 Å². The number of esters is 1. The predicted octanol–water partition coefficient (Wildman–Crippen LogP) is 2.76. The van der Waals surface area contributed by atoms with Crippen LogP contribution in [0.2, 0.25) is 0 Å². The summed E-state index contributed by atoms with van der Waals surface area (Å²) in [4.78, 5) is 21.8. The smallest absolute Gasteiger partial charge is 0.426 e. The molecule has 0 aromatic carbocycles. The van der Waals surface area contributed by atoms with Gasteiger partial charge in [-0.05, 0) is 6.42 Å². The lowest BCUT2D eigenvalue weighted by molar-refractivity contribution is -0.148. The molecule has 1 saturated carbocycles. The zero-order valence-corrected chi connectivity index (χ0v) is 10.2. The standard InChI is InChI=1S/C10H10F4O3S/c1-17-9(16)7(10(12,13)14)8(11)18-6-3-2-5(15)4-6/h6H,2-4H2,1H3/b8-7+. The summed E-state index contributed by atoms with van der Waals surface area (Å²) in [6.07, 6.45) is -4.56. The van der Waals surface area contributed by atoms with Crippen LogP contribution in [-0.2, 0) is 14.3 Å². The molecule has 0 aromatic rings. The molecule has 1 aliphatic carbocycles. The molecule has 0 aromatic heterocycles. The highest BCUT2D eigenvalue weighted by Gasteiger charge is 2.44. The number of alkyl halides is 3. The minimum atomic E-state index is -5.12. The van der Waals surface area contributed by atoms with Gasteiger partial charge in [-0.3, -0.25) is 4.79 Å². The van der Waals surface area contributed by atoms with E-state index in [1.54, 1.807) is 0 Å². The zero-order valence-electron chi connectivity index (χ0n) is 9.34. The van der Waals surface area contributed by atoms with Gasteiger partial charge in [-0.25, -0.2) is 4.79 Å². The molecule has 0 bridgehead atoms. The molecule has 102 valence electrons. The molecule has 1 unspecified atom stereocenters. The average Bonchev–Trinajstić information content (AvgIpc) is 2.61. The highest BCUT2D eigenvalue weighted by molar-refractivity contribution is 8.03. The first kappa shape index (κ1) is 15.0. The molecule has 1 rings (SSSR count). The number of thioether (sulfide) groups is 1. The average molecular weight is 286 g/mol. The Bertz CT molecular complexity index is 389. The van der Waals surface area contributed by atoms with Crippen molar-refractivity contribution in [1.29, 1.82) is 0 Å². The number of halogens is 4. The lowest BCUT2D eigenvalue weighted by atomic mass is 10.3. The third-order valence-corrected chi connectivity index (χ3v) is 3.49. The van der Waals surface area contributed by atoms with Gasteiger partial charge < -0.3 is 4.74 Å². The number of methoxy groups -OCH3 is 1. The minimum absolute atomic E-state index is 0.0183. The molecule has 0 aliphatic heterocycles. The van der Waals surface area contributed by atoms with E-state index >= 15 is 0 Å². The summed E-state index contributed by atoms with van der Waals surface area (Å²) in [5.74, 6) is -1.89. The summed E-state index contributed by atoms with van der Waals surface area (Å²) in [6.45, 7) is 0. The Balaban J connectivity index is 2.90. The maximum absolute atomic E-state index is 13.5. The predicted molar refractivity (Wildman–Crippen MR) is 56.4 cm³/mol. The Morgan fingerprint density at radius 3 is 2.44 bits per heavy atom. The van der Waals surface area contributed by atoms with Crippen LogP contribution < -0.4 is 0 Å². The Morgan fingerprint density at radius 2 is 2.06 bits per heavy atom. The molecule has 1 atom stereocenters. The number of hydrogen-bond acceptors (Lipinski definition) is 4. The first-order valence-electron chi connectivity index (χ1n) is 4.99. The van der Waals surface area contributed by atoms with Crippen molar-refractivity contribution in [2.45, 2.75) is 30.7 Å². The van der Waals surface area contributed by atoms with Crippen LogP contribution in [0.1, 0.15) is 19.3 Å². The van der Waals surface area contributed by atoms with Crippen molar-refractivity contribution >= 4 is 23.5 Å². The van der Waals surface area contributed by atoms with E-state index in [4.69, 9.17) is 0 Å². The van der Waals surface area contributed by atoms with Gasteiger partial charge in [0.1, 0.15) is 5.78 Å². The fraction of sp³-hybridized carbons (Fsp3) is 0.600. The summed E-state index contributed by atoms with van der Waals surface area (Å²) in [6, 6.07) is 0. The summed E-state index contributed by atoms with van der Waals surface area (Å²) >= 11 is 0.261. The number of Topliss-reactive ketones (excluding diaryl/α,β-unsaturated/α-hetero) is 1. The molecule has 1 fully saturated rings. The molecule has 1 aliphatic rings. The number of carbonyl (C=O) groups is 2. The molecule has 3 nitrogen and oxygen atoms in total. The van der Waals surface area contributed by atoms with Gasteiger partial charge in [0.25, 0.3) is 0 Å². The monoisotopic (exact) mass is 286 g/mol. The zero-order chi connectivity index (χ0) is 13.9. The van der Waals surface area contributed by atoms with Crippen molar-refractivity contribution in [3.05, 3.63) is 10.7 Å². The molecule has 0 amide bonds. The maximum Gasteiger partial charge on any atom is 0.426 e. The van der Waals surface area contributed by atoms with Crippen LogP contribution in [0, 0.1) is 0 Å². The van der Waals surface area contributed by atoms with E-state index in [0.717, 1.165) is 7.11 Å². The summed E-state index contributed by atoms with van der Waals surface area (Å²) in [7, 11) is 0.741. The number of carbonyl (C=O) groups excluding carboxylic acids is 2. The quantitative estimate of drug-likeness (QED) is 0.454. The topological polar surface area (TPSA) is 43.4 Å². The van der Waals surface area contributed by atoms with E-state index in [1.807, 2.05) is 0 Å². The number of ether oxygens (including phenoxy) is 1. The Morgan fingerprint density at radius 1 is 1.44 bits per heavy atom. The SMILES string of the molecule is COC(=O)/C(=C(/F)SC1CCC(=O)C1)C(F)(F)F. The second-order valence-electron chi connectivity index (χ2n) is 3.66. The van der Waals surface area contributed by atoms with Crippen molar-refractivity contribution < 1.29 is 31.9 Å². The van der Waals surface area contributed by atoms with Crippen LogP contribution in [0.15, 0.2) is 10.7 Å². The van der Waals surface area contributed by atoms with Crippen LogP contribution in [0.5, 0.6) is 0 Å². The molecule has 0 spiro atoms. The van der Waals surface area contributed by atoms with Crippen molar-refractivity contribution in [1.82, 2.24) is 0 Å². The molecule has 0 N–H and O–H groups in total. The second-order valence-corrected chi connectivity index (χ2v) is 4.92. The third-order valence-electron chi connectivity index (χ3n) is 2.34. The fourth-order valence-corrected chi connectivity index (χ4v) is 2.61. The minimum Gasteiger partial charge on any atom is -0.465 e. The molecule has 0 saturated heterocycles. The van der Waals surface area contributed by atoms with Crippen molar-refractivity contribution in [2.24, 2.45) is 0 Å². The second kappa shape index (κ2) is 5.73. The summed E-state index contributed by atoms with van der Waals surface area (Å²) in [5, 5.41) is -2.20. The number of ketones is 1. The first-order chi connectivity index (χ1) is 8.25. The van der Waals surface area contributed by atoms with Gasteiger partial charge in [0.05, 0.1) is 7.11 Å². The first-order valence-corrected chi connectivity index (χ1v) is 5.87. The van der Waals surface area contributed by atoms with Crippen LogP contribution in [0.4, 0.5) is 17.6 Å². The van der Waals surface area contributed by atoms with Crippen LogP contribution in [-0.4, -0.2) is 30.3 Å². The van der Waals surface area contributed by atoms with Crippen molar-refractivity contribution in [3.63, 3.8) is 0 Å². The van der Waals surface area contributed by atoms with Crippen molar-refractivity contribution in [3.8, 4) is 0 Å². The van der Waals surface area contributed by atoms with Gasteiger partial charge in [-0.2, -0.15) is 17.6 Å². The molecule has 18 heavy (non-hydrogen) atoms. The van der Waals surface area contributed by atoms with Crippen molar-refractivity contribution in [2.75, 3.05) is 7.11 Å². The Hall–Kier alpha value is -1.05. The Labute approximate surface area is 105 Å². The van der Waals surface area contributed by atoms with Crippen LogP contribution in [0.3, 0.4) is 0 Å². The van der Waals surface area contributed by atoms with Gasteiger partial charge in [0.2, 0.25) is 0 Å². The van der Waals surface area contributed by atoms with Gasteiger partial charge in [0, 0.05) is 18.1 Å². The van der Waals surface area contributed by atoms with E-state index in [1.165, 1.54) is 0 Å². The van der Waals surface area contributed by atoms with E-state index < -0.39 is 28.1 Å². The number of rotatable bonds is 3. The maximum atomic E-state index is 13.5. The lowest BCUT2D eigenvalue weighted by Crippen LogP contribution is -2.22. The largest absolute Gasteiger partial charge is 0.465 e. The fourth-order valence-electron chi connectivity index (χ4n) is 1.50. The molecular formula is C10H10F4O3S. The normalized spacial score (nSPS) is 21.8. The molecule has 8 heteroatoms. The number of hydrogen-bond donors (Lipinski definition) is 0. The Kier molecular flexibility index (Phi) is 4.78. The molecular weight excluding hydrogens is 276 g/mol. The molecule has 0 radical (unpaired) electrons. The van der Waals surface area contributed by atoms with Gasteiger partial charge >= 0.3 is 12.1 Å². The summed E-state index contributed by atoms with van der Waals surface area (Å²) in [5.41, 5.74) is -1.95. The highest BCUT2D eigenvalue weighted by Crippen LogP contribution is 2.39. The van der Waals surface area contributed by atoms with E-state index in [-0.39, 0.29) is 30.4 Å². The lowest BCUT2D eigenvalue weighted by Gasteiger charge is -2.12. The van der Waals surface area contributed by atoms with Crippen LogP contribution >= 0.6 is 11.8 Å². The van der Waals surface area contributed by atoms with E-state index in [2.05, 4.69) is 4.74 Å². The third kappa shape index (κ3) is 3.72. The summed E-state index contributed by atoms with van der Waals surface area (Å²) < 4.78 is 54.8.